The zero-order chi connectivity index (χ0) is 19.8. The minimum atomic E-state index is -1.33. The van der Waals surface area contributed by atoms with E-state index in [2.05, 4.69) is 10.5 Å². The quantitative estimate of drug-likeness (QED) is 0.371. The molecule has 0 spiro atoms. The molecule has 0 amide bonds. The normalized spacial score (nSPS) is 23.0. The summed E-state index contributed by atoms with van der Waals surface area (Å²) in [4.78, 5) is 0. The lowest BCUT2D eigenvalue weighted by molar-refractivity contribution is -0.560. The molecule has 1 aliphatic rings. The van der Waals surface area contributed by atoms with Gasteiger partial charge in [0, 0.05) is 12.5 Å². The molecule has 2 aromatic carbocycles. The van der Waals surface area contributed by atoms with Gasteiger partial charge in [-0.15, -0.1) is 5.06 Å². The van der Waals surface area contributed by atoms with E-state index in [4.69, 9.17) is 0 Å². The fraction of sp³-hybridized carbons (Fsp3) is 0.333. The molecule has 0 radical (unpaired) electrons. The summed E-state index contributed by atoms with van der Waals surface area (Å²) in [5, 5.41) is 29.8. The van der Waals surface area contributed by atoms with Crippen LogP contribution in [-0.4, -0.2) is 37.6 Å². The molecule has 2 N–H and O–H groups in total. The van der Waals surface area contributed by atoms with Crippen molar-refractivity contribution in [2.45, 2.75) is 45.8 Å². The Hall–Kier alpha value is -2.70. The Kier molecular flexibility index (Phi) is 4.80. The molecular weight excluding hydrogens is 340 g/mol. The fourth-order valence-corrected chi connectivity index (χ4v) is 3.45. The number of hydroxylamine groups is 3. The highest BCUT2D eigenvalue weighted by Crippen LogP contribution is 2.36. The van der Waals surface area contributed by atoms with Crippen molar-refractivity contribution in [3.63, 3.8) is 0 Å². The molecule has 6 nitrogen and oxygen atoms in total. The van der Waals surface area contributed by atoms with Crippen molar-refractivity contribution in [2.75, 3.05) is 5.43 Å². The van der Waals surface area contributed by atoms with Crippen LogP contribution in [0.1, 0.15) is 38.8 Å². The van der Waals surface area contributed by atoms with Crippen molar-refractivity contribution in [1.29, 1.82) is 0 Å². The Morgan fingerprint density at radius 1 is 1.07 bits per heavy atom. The van der Waals surface area contributed by atoms with E-state index in [1.807, 2.05) is 75.4 Å². The number of rotatable bonds is 4. The number of hydrazone groups is 1. The Bertz CT molecular complexity index is 888. The topological polar surface area (TPSA) is 73.9 Å². The molecule has 2 aromatic rings. The first-order chi connectivity index (χ1) is 12.7. The SMILES string of the molecule is C/C(=N/Nc1ccccc1)[C@@]1(C)N(O)C(C)(C)C(c2ccc(C)cc2)=[N+]1[O-]. The highest BCUT2D eigenvalue weighted by atomic mass is 16.6. The van der Waals surface area contributed by atoms with Gasteiger partial charge in [0.15, 0.2) is 0 Å². The summed E-state index contributed by atoms with van der Waals surface area (Å²) in [6.45, 7) is 9.07. The second-order valence-electron chi connectivity index (χ2n) is 7.58. The second kappa shape index (κ2) is 6.79. The smallest absolute Gasteiger partial charge is 0.289 e. The van der Waals surface area contributed by atoms with Crippen molar-refractivity contribution in [1.82, 2.24) is 5.06 Å². The van der Waals surface area contributed by atoms with Gasteiger partial charge in [-0.05, 0) is 52.0 Å². The van der Waals surface area contributed by atoms with Gasteiger partial charge in [0.2, 0.25) is 5.71 Å². The van der Waals surface area contributed by atoms with Gasteiger partial charge in [0.25, 0.3) is 5.66 Å². The van der Waals surface area contributed by atoms with Crippen LogP contribution in [0.3, 0.4) is 0 Å². The molecule has 3 rings (SSSR count). The number of nitrogens with one attached hydrogen (secondary N) is 1. The third kappa shape index (κ3) is 3.11. The van der Waals surface area contributed by atoms with Gasteiger partial charge >= 0.3 is 0 Å². The molecule has 0 saturated heterocycles. The number of para-hydroxylation sites is 1. The van der Waals surface area contributed by atoms with Crippen LogP contribution in [-0.2, 0) is 0 Å². The van der Waals surface area contributed by atoms with Crippen molar-refractivity contribution < 1.29 is 9.95 Å². The zero-order valence-corrected chi connectivity index (χ0v) is 16.4. The Balaban J connectivity index is 2.04. The average molecular weight is 366 g/mol. The molecule has 0 unspecified atom stereocenters. The number of hydrogen-bond donors (Lipinski definition) is 2. The van der Waals surface area contributed by atoms with E-state index in [1.165, 1.54) is 0 Å². The Morgan fingerprint density at radius 3 is 2.26 bits per heavy atom. The molecule has 1 aliphatic heterocycles. The maximum atomic E-state index is 13.4. The Labute approximate surface area is 160 Å². The highest BCUT2D eigenvalue weighted by molar-refractivity contribution is 6.06. The number of nitrogens with zero attached hydrogens (tertiary/aromatic N) is 3. The van der Waals surface area contributed by atoms with E-state index < -0.39 is 11.2 Å². The van der Waals surface area contributed by atoms with E-state index in [9.17, 15) is 10.4 Å². The molecule has 0 saturated carbocycles. The minimum Gasteiger partial charge on any atom is -0.622 e. The van der Waals surface area contributed by atoms with E-state index in [1.54, 1.807) is 13.8 Å². The summed E-state index contributed by atoms with van der Waals surface area (Å²) in [5.74, 6) is 0. The van der Waals surface area contributed by atoms with E-state index in [-0.39, 0.29) is 0 Å². The van der Waals surface area contributed by atoms with Crippen LogP contribution in [0.4, 0.5) is 5.69 Å². The first-order valence-electron chi connectivity index (χ1n) is 8.96. The van der Waals surface area contributed by atoms with Crippen molar-refractivity contribution in [2.24, 2.45) is 5.10 Å². The molecule has 0 bridgehead atoms. The third-order valence-electron chi connectivity index (χ3n) is 5.26. The largest absolute Gasteiger partial charge is 0.622 e. The van der Waals surface area contributed by atoms with Crippen LogP contribution in [0, 0.1) is 12.1 Å². The highest BCUT2D eigenvalue weighted by Gasteiger charge is 2.61. The second-order valence-corrected chi connectivity index (χ2v) is 7.58. The number of anilines is 1. The monoisotopic (exact) mass is 366 g/mol. The number of benzene rings is 2. The van der Waals surface area contributed by atoms with Gasteiger partial charge in [0.05, 0.1) is 5.69 Å². The summed E-state index contributed by atoms with van der Waals surface area (Å²) < 4.78 is 0.864. The zero-order valence-electron chi connectivity index (χ0n) is 16.4. The van der Waals surface area contributed by atoms with E-state index in [0.717, 1.165) is 26.6 Å². The van der Waals surface area contributed by atoms with Crippen molar-refractivity contribution in [3.05, 3.63) is 70.9 Å². The number of hydrogen-bond acceptors (Lipinski definition) is 5. The van der Waals surface area contributed by atoms with Crippen LogP contribution in [0.25, 0.3) is 0 Å². The molecule has 0 aromatic heterocycles. The predicted molar refractivity (Wildman–Crippen MR) is 108 cm³/mol. The van der Waals surface area contributed by atoms with Gasteiger partial charge in [-0.25, -0.2) is 0 Å². The van der Waals surface area contributed by atoms with Gasteiger partial charge in [-0.1, -0.05) is 35.9 Å². The van der Waals surface area contributed by atoms with Crippen molar-refractivity contribution >= 4 is 17.1 Å². The van der Waals surface area contributed by atoms with Gasteiger partial charge < -0.3 is 10.4 Å². The van der Waals surface area contributed by atoms with Crippen LogP contribution >= 0.6 is 0 Å². The van der Waals surface area contributed by atoms with E-state index in [0.29, 0.717) is 11.4 Å². The molecule has 0 aliphatic carbocycles. The summed E-state index contributed by atoms with van der Waals surface area (Å²) >= 11 is 0. The standard InChI is InChI=1S/C21H26N4O2/c1-15-11-13-17(14-12-15)19-20(3,4)25(27)21(5,24(19)26)16(2)22-23-18-9-7-6-8-10-18/h6-14,23,27H,1-5H3/b22-16-/t21-/m1/s1. The molecule has 1 heterocycles. The molecule has 1 atom stereocenters. The van der Waals surface area contributed by atoms with Gasteiger partial charge in [-0.3, -0.25) is 5.43 Å². The summed E-state index contributed by atoms with van der Waals surface area (Å²) in [5.41, 5.74) is 4.41. The lowest BCUT2D eigenvalue weighted by Crippen LogP contribution is -2.57. The van der Waals surface area contributed by atoms with Gasteiger partial charge in [-0.2, -0.15) is 9.84 Å². The number of aryl methyl sites for hydroxylation is 1. The van der Waals surface area contributed by atoms with Gasteiger partial charge in [0.1, 0.15) is 11.3 Å². The van der Waals surface area contributed by atoms with Crippen LogP contribution < -0.4 is 5.43 Å². The van der Waals surface area contributed by atoms with Crippen molar-refractivity contribution in [3.8, 4) is 0 Å². The molecule has 142 valence electrons. The summed E-state index contributed by atoms with van der Waals surface area (Å²) in [7, 11) is 0. The molecule has 6 heteroatoms. The molecule has 0 fully saturated rings. The minimum absolute atomic E-state index is 0.457. The lowest BCUT2D eigenvalue weighted by atomic mass is 9.92. The predicted octanol–water partition coefficient (Wildman–Crippen LogP) is 3.98. The first-order valence-corrected chi connectivity index (χ1v) is 8.96. The molecular formula is C21H26N4O2. The average Bonchev–Trinajstić information content (AvgIpc) is 2.79. The maximum Gasteiger partial charge on any atom is 0.289 e. The van der Waals surface area contributed by atoms with Crippen LogP contribution in [0.2, 0.25) is 0 Å². The molecule has 27 heavy (non-hydrogen) atoms. The fourth-order valence-electron chi connectivity index (χ4n) is 3.45. The van der Waals surface area contributed by atoms with E-state index >= 15 is 0 Å². The van der Waals surface area contributed by atoms with Crippen LogP contribution in [0.15, 0.2) is 59.7 Å². The summed E-state index contributed by atoms with van der Waals surface area (Å²) in [6, 6.07) is 17.2. The maximum absolute atomic E-state index is 13.4. The lowest BCUT2D eigenvalue weighted by Gasteiger charge is -2.32. The summed E-state index contributed by atoms with van der Waals surface area (Å²) in [6.07, 6.45) is 0. The van der Waals surface area contributed by atoms with Crippen LogP contribution in [0.5, 0.6) is 0 Å². The first kappa shape index (κ1) is 19.1. The Morgan fingerprint density at radius 2 is 1.67 bits per heavy atom. The third-order valence-corrected chi connectivity index (χ3v) is 5.26.